The number of fused-ring (bicyclic) bond motifs is 3. The van der Waals surface area contributed by atoms with Gasteiger partial charge in [0.2, 0.25) is 5.95 Å². The van der Waals surface area contributed by atoms with E-state index in [4.69, 9.17) is 14.4 Å². The van der Waals surface area contributed by atoms with E-state index in [0.29, 0.717) is 11.5 Å². The first kappa shape index (κ1) is 23.2. The molecule has 0 aliphatic heterocycles. The number of para-hydroxylation sites is 1. The zero-order chi connectivity index (χ0) is 29.7. The predicted molar refractivity (Wildman–Crippen MR) is 190 cm³/mol. The van der Waals surface area contributed by atoms with Crippen molar-refractivity contribution in [3.63, 3.8) is 0 Å². The van der Waals surface area contributed by atoms with Crippen molar-refractivity contribution in [3.8, 4) is 17.2 Å². The summed E-state index contributed by atoms with van der Waals surface area (Å²) in [5.41, 5.74) is 6.34. The molecule has 0 amide bonds. The van der Waals surface area contributed by atoms with Crippen molar-refractivity contribution in [2.45, 2.75) is 0 Å². The largest absolute Gasteiger partial charge is 0.452 e. The molecule has 0 saturated heterocycles. The molecule has 0 N–H and O–H groups in total. The van der Waals surface area contributed by atoms with Crippen molar-refractivity contribution in [1.82, 2.24) is 14.5 Å². The Hall–Kier alpha value is -6.26. The summed E-state index contributed by atoms with van der Waals surface area (Å²) in [7, 11) is 0. The van der Waals surface area contributed by atoms with Gasteiger partial charge in [-0.05, 0) is 67.4 Å². The van der Waals surface area contributed by atoms with Crippen LogP contribution in [-0.2, 0) is 0 Å². The van der Waals surface area contributed by atoms with Crippen molar-refractivity contribution in [1.29, 1.82) is 0 Å². The maximum atomic E-state index is 6.45. The highest BCUT2D eigenvalue weighted by atomic mass is 16.3. The number of furan rings is 1. The van der Waals surface area contributed by atoms with Crippen LogP contribution in [-0.4, -0.2) is 14.5 Å². The molecule has 0 aliphatic carbocycles. The van der Waals surface area contributed by atoms with Crippen LogP contribution in [0.4, 0.5) is 0 Å². The van der Waals surface area contributed by atoms with E-state index in [1.165, 1.54) is 64.6 Å². The Morgan fingerprint density at radius 2 is 0.913 bits per heavy atom. The van der Waals surface area contributed by atoms with Crippen LogP contribution >= 0.6 is 0 Å². The number of hydrogen-bond acceptors (Lipinski definition) is 3. The molecule has 9 aromatic carbocycles. The van der Waals surface area contributed by atoms with E-state index in [-0.39, 0.29) is 0 Å². The van der Waals surface area contributed by atoms with Crippen LogP contribution in [0.25, 0.3) is 115 Å². The maximum Gasteiger partial charge on any atom is 0.236 e. The summed E-state index contributed by atoms with van der Waals surface area (Å²) in [5, 5.41) is 16.4. The smallest absolute Gasteiger partial charge is 0.236 e. The van der Waals surface area contributed by atoms with E-state index in [9.17, 15) is 0 Å². The Morgan fingerprint density at radius 3 is 1.48 bits per heavy atom. The Bertz CT molecular complexity index is 3040. The van der Waals surface area contributed by atoms with Crippen molar-refractivity contribution in [3.05, 3.63) is 127 Å². The van der Waals surface area contributed by atoms with E-state index in [1.807, 2.05) is 36.4 Å². The summed E-state index contributed by atoms with van der Waals surface area (Å²) in [6.45, 7) is 0. The molecule has 210 valence electrons. The SMILES string of the molecule is c1ccc(-c2nc(-n3c4ccc5ccc6ccc7ccc8ccc9ccc3c3c9c8c7c6c5c34)nc3c2oc2ccccc23)cc1. The topological polar surface area (TPSA) is 43.9 Å². The molecule has 12 aromatic rings. The van der Waals surface area contributed by atoms with E-state index in [1.54, 1.807) is 0 Å². The molecule has 4 heteroatoms. The first-order chi connectivity index (χ1) is 22.8. The molecule has 12 rings (SSSR count). The highest BCUT2D eigenvalue weighted by Gasteiger charge is 2.26. The van der Waals surface area contributed by atoms with E-state index >= 15 is 0 Å². The summed E-state index contributed by atoms with van der Waals surface area (Å²) in [5.74, 6) is 0.642. The van der Waals surface area contributed by atoms with Gasteiger partial charge in [0.15, 0.2) is 5.58 Å². The zero-order valence-corrected chi connectivity index (χ0v) is 24.4. The summed E-state index contributed by atoms with van der Waals surface area (Å²) in [4.78, 5) is 10.6. The zero-order valence-electron chi connectivity index (χ0n) is 24.4. The minimum Gasteiger partial charge on any atom is -0.452 e. The van der Waals surface area contributed by atoms with Crippen LogP contribution in [0.1, 0.15) is 0 Å². The number of benzene rings is 8. The highest BCUT2D eigenvalue weighted by Crippen LogP contribution is 2.50. The average molecular weight is 584 g/mol. The second-order valence-corrected chi connectivity index (χ2v) is 12.5. The van der Waals surface area contributed by atoms with Crippen LogP contribution in [0.15, 0.2) is 132 Å². The standard InChI is InChI=1S/C42H21N3O/c1-2-6-27(7-3-1)39-41-40(28-8-4-5-9-31(28)46-41)44-42(43-39)45-29-20-18-25-16-14-23-12-10-22-11-13-24-15-17-26-19-21-30(45)38-36(26)34(24)32(22)33(23)35(25)37(29)38/h1-21H. The van der Waals surface area contributed by atoms with Gasteiger partial charge < -0.3 is 4.42 Å². The van der Waals surface area contributed by atoms with E-state index in [2.05, 4.69) is 95.6 Å². The average Bonchev–Trinajstić information content (AvgIpc) is 3.61. The fourth-order valence-electron chi connectivity index (χ4n) is 8.35. The second-order valence-electron chi connectivity index (χ2n) is 12.5. The Morgan fingerprint density at radius 1 is 0.435 bits per heavy atom. The van der Waals surface area contributed by atoms with Crippen molar-refractivity contribution < 1.29 is 4.42 Å². The van der Waals surface area contributed by atoms with Crippen LogP contribution in [0.2, 0.25) is 0 Å². The van der Waals surface area contributed by atoms with Crippen molar-refractivity contribution >= 4 is 97.7 Å². The molecule has 3 heterocycles. The van der Waals surface area contributed by atoms with Gasteiger partial charge in [0.25, 0.3) is 0 Å². The molecule has 0 unspecified atom stereocenters. The van der Waals surface area contributed by atoms with E-state index in [0.717, 1.165) is 38.8 Å². The molecular weight excluding hydrogens is 562 g/mol. The lowest BCUT2D eigenvalue weighted by molar-refractivity contribution is 0.666. The van der Waals surface area contributed by atoms with E-state index < -0.39 is 0 Å². The molecule has 0 saturated carbocycles. The van der Waals surface area contributed by atoms with Gasteiger partial charge in [-0.25, -0.2) is 9.97 Å². The first-order valence-corrected chi connectivity index (χ1v) is 15.7. The van der Waals surface area contributed by atoms with Gasteiger partial charge in [0.1, 0.15) is 16.8 Å². The van der Waals surface area contributed by atoms with Gasteiger partial charge >= 0.3 is 0 Å². The number of rotatable bonds is 2. The molecule has 0 atom stereocenters. The highest BCUT2D eigenvalue weighted by molar-refractivity contribution is 6.45. The molecular formula is C42H21N3O. The number of aromatic nitrogens is 3. The summed E-state index contributed by atoms with van der Waals surface area (Å²) < 4.78 is 8.73. The third kappa shape index (κ3) is 2.65. The Labute approximate surface area is 260 Å². The normalized spacial score (nSPS) is 12.8. The lowest BCUT2D eigenvalue weighted by Crippen LogP contribution is -2.03. The van der Waals surface area contributed by atoms with Crippen LogP contribution in [0.3, 0.4) is 0 Å². The molecule has 0 radical (unpaired) electrons. The van der Waals surface area contributed by atoms with Gasteiger partial charge in [-0.2, -0.15) is 0 Å². The lowest BCUT2D eigenvalue weighted by atomic mass is 9.92. The minimum absolute atomic E-state index is 0.642. The van der Waals surface area contributed by atoms with Crippen molar-refractivity contribution in [2.75, 3.05) is 0 Å². The van der Waals surface area contributed by atoms with Gasteiger partial charge in [0.05, 0.1) is 11.0 Å². The lowest BCUT2D eigenvalue weighted by Gasteiger charge is -2.13. The number of nitrogens with zero attached hydrogens (tertiary/aromatic N) is 3. The molecule has 3 aromatic heterocycles. The fourth-order valence-corrected chi connectivity index (χ4v) is 8.35. The third-order valence-corrected chi connectivity index (χ3v) is 10.3. The quantitative estimate of drug-likeness (QED) is 0.190. The summed E-state index contributed by atoms with van der Waals surface area (Å²) in [6, 6.07) is 45.7. The Balaban J connectivity index is 1.36. The molecule has 0 bridgehead atoms. The van der Waals surface area contributed by atoms with Gasteiger partial charge in [-0.15, -0.1) is 0 Å². The van der Waals surface area contributed by atoms with Crippen LogP contribution < -0.4 is 0 Å². The predicted octanol–water partition coefficient (Wildman–Crippen LogP) is 11.2. The minimum atomic E-state index is 0.642. The monoisotopic (exact) mass is 583 g/mol. The molecule has 46 heavy (non-hydrogen) atoms. The van der Waals surface area contributed by atoms with Crippen molar-refractivity contribution in [2.24, 2.45) is 0 Å². The van der Waals surface area contributed by atoms with Crippen LogP contribution in [0.5, 0.6) is 0 Å². The van der Waals surface area contributed by atoms with Gasteiger partial charge in [0, 0.05) is 32.5 Å². The fraction of sp³-hybridized carbons (Fsp3) is 0. The summed E-state index contributed by atoms with van der Waals surface area (Å²) in [6.07, 6.45) is 0. The summed E-state index contributed by atoms with van der Waals surface area (Å²) >= 11 is 0. The third-order valence-electron chi connectivity index (χ3n) is 10.3. The maximum absolute atomic E-state index is 6.45. The molecule has 0 aliphatic rings. The molecule has 0 spiro atoms. The van der Waals surface area contributed by atoms with Gasteiger partial charge in [-0.1, -0.05) is 103 Å². The van der Waals surface area contributed by atoms with Crippen LogP contribution in [0, 0.1) is 0 Å². The second kappa shape index (κ2) is 7.87. The number of hydrogen-bond donors (Lipinski definition) is 0. The first-order valence-electron chi connectivity index (χ1n) is 15.7. The molecule has 4 nitrogen and oxygen atoms in total. The molecule has 0 fully saturated rings. The van der Waals surface area contributed by atoms with Gasteiger partial charge in [-0.3, -0.25) is 4.57 Å². The Kier molecular flexibility index (Phi) is 3.96.